The molecule has 0 saturated heterocycles. The van der Waals surface area contributed by atoms with Crippen LogP contribution in [0.3, 0.4) is 0 Å². The first-order valence-corrected chi connectivity index (χ1v) is 5.90. The van der Waals surface area contributed by atoms with E-state index in [4.69, 9.17) is 5.73 Å². The Balaban J connectivity index is 1.83. The molecular formula is C11H12N4OS. The van der Waals surface area contributed by atoms with E-state index in [1.54, 1.807) is 36.0 Å². The van der Waals surface area contributed by atoms with Crippen molar-refractivity contribution in [3.8, 4) is 0 Å². The number of nitrogens with zero attached hydrogens (tertiary/aromatic N) is 1. The quantitative estimate of drug-likeness (QED) is 0.727. The third-order valence-electron chi connectivity index (χ3n) is 2.08. The molecule has 0 radical (unpaired) electrons. The van der Waals surface area contributed by atoms with Crippen LogP contribution in [0.2, 0.25) is 0 Å². The summed E-state index contributed by atoms with van der Waals surface area (Å²) < 4.78 is 0. The molecule has 1 aromatic carbocycles. The molecule has 0 spiro atoms. The van der Waals surface area contributed by atoms with Crippen molar-refractivity contribution in [1.82, 2.24) is 10.3 Å². The van der Waals surface area contributed by atoms with Gasteiger partial charge in [-0.1, -0.05) is 0 Å². The summed E-state index contributed by atoms with van der Waals surface area (Å²) in [4.78, 5) is 16.5. The summed E-state index contributed by atoms with van der Waals surface area (Å²) in [5.74, 6) is 0. The predicted octanol–water partition coefficient (Wildman–Crippen LogP) is 2.05. The second-order valence-corrected chi connectivity index (χ2v) is 4.37. The number of aromatic nitrogens is 1. The second kappa shape index (κ2) is 5.31. The SMILES string of the molecule is Nc1ccc(NC(=O)NCc2cncs2)cc1. The van der Waals surface area contributed by atoms with Crippen LogP contribution < -0.4 is 16.4 Å². The molecular weight excluding hydrogens is 236 g/mol. The first kappa shape index (κ1) is 11.4. The van der Waals surface area contributed by atoms with E-state index in [0.29, 0.717) is 17.9 Å². The largest absolute Gasteiger partial charge is 0.399 e. The highest BCUT2D eigenvalue weighted by Gasteiger charge is 2.01. The van der Waals surface area contributed by atoms with Gasteiger partial charge in [0.25, 0.3) is 0 Å². The standard InChI is InChI=1S/C11H12N4OS/c12-8-1-3-9(4-2-8)15-11(16)14-6-10-5-13-7-17-10/h1-5,7H,6,12H2,(H2,14,15,16). The van der Waals surface area contributed by atoms with Crippen LogP contribution in [0.5, 0.6) is 0 Å². The molecule has 0 bridgehead atoms. The Morgan fingerprint density at radius 1 is 1.35 bits per heavy atom. The van der Waals surface area contributed by atoms with Crippen molar-refractivity contribution < 1.29 is 4.79 Å². The Bertz CT molecular complexity index is 481. The number of benzene rings is 1. The number of carbonyl (C=O) groups is 1. The van der Waals surface area contributed by atoms with Crippen molar-refractivity contribution in [2.75, 3.05) is 11.1 Å². The topological polar surface area (TPSA) is 80.0 Å². The van der Waals surface area contributed by atoms with Crippen LogP contribution in [0.25, 0.3) is 0 Å². The maximum Gasteiger partial charge on any atom is 0.319 e. The molecule has 2 rings (SSSR count). The van der Waals surface area contributed by atoms with E-state index in [2.05, 4.69) is 15.6 Å². The van der Waals surface area contributed by atoms with Crippen molar-refractivity contribution in [2.45, 2.75) is 6.54 Å². The van der Waals surface area contributed by atoms with Gasteiger partial charge in [-0.05, 0) is 24.3 Å². The fourth-order valence-corrected chi connectivity index (χ4v) is 1.77. The monoisotopic (exact) mass is 248 g/mol. The summed E-state index contributed by atoms with van der Waals surface area (Å²) in [6.45, 7) is 0.478. The van der Waals surface area contributed by atoms with E-state index < -0.39 is 0 Å². The number of hydrogen-bond acceptors (Lipinski definition) is 4. The third-order valence-corrected chi connectivity index (χ3v) is 2.85. The molecule has 5 nitrogen and oxygen atoms in total. The van der Waals surface area contributed by atoms with Gasteiger partial charge in [0, 0.05) is 22.4 Å². The van der Waals surface area contributed by atoms with Gasteiger partial charge in [0.2, 0.25) is 0 Å². The highest BCUT2D eigenvalue weighted by Crippen LogP contribution is 2.10. The fraction of sp³-hybridized carbons (Fsp3) is 0.0909. The predicted molar refractivity (Wildman–Crippen MR) is 68.8 cm³/mol. The molecule has 4 N–H and O–H groups in total. The minimum Gasteiger partial charge on any atom is -0.399 e. The van der Waals surface area contributed by atoms with Crippen LogP contribution in [0.4, 0.5) is 16.2 Å². The van der Waals surface area contributed by atoms with E-state index in [1.807, 2.05) is 0 Å². The number of carbonyl (C=O) groups excluding carboxylic acids is 1. The molecule has 1 heterocycles. The number of amides is 2. The summed E-state index contributed by atoms with van der Waals surface area (Å²) >= 11 is 1.50. The molecule has 0 aliphatic heterocycles. The highest BCUT2D eigenvalue weighted by atomic mass is 32.1. The summed E-state index contributed by atoms with van der Waals surface area (Å²) in [5.41, 5.74) is 8.65. The average molecular weight is 248 g/mol. The van der Waals surface area contributed by atoms with Gasteiger partial charge in [0.05, 0.1) is 12.1 Å². The number of urea groups is 1. The zero-order chi connectivity index (χ0) is 12.1. The van der Waals surface area contributed by atoms with Crippen LogP contribution in [-0.4, -0.2) is 11.0 Å². The molecule has 17 heavy (non-hydrogen) atoms. The van der Waals surface area contributed by atoms with Gasteiger partial charge in [0.1, 0.15) is 0 Å². The molecule has 6 heteroatoms. The zero-order valence-corrected chi connectivity index (χ0v) is 9.83. The molecule has 2 aromatic rings. The van der Waals surface area contributed by atoms with Crippen molar-refractivity contribution in [1.29, 1.82) is 0 Å². The van der Waals surface area contributed by atoms with Gasteiger partial charge >= 0.3 is 6.03 Å². The summed E-state index contributed by atoms with van der Waals surface area (Å²) in [5, 5.41) is 5.45. The number of hydrogen-bond donors (Lipinski definition) is 3. The lowest BCUT2D eigenvalue weighted by Gasteiger charge is -2.06. The van der Waals surface area contributed by atoms with Crippen LogP contribution in [0, 0.1) is 0 Å². The summed E-state index contributed by atoms with van der Waals surface area (Å²) in [6, 6.07) is 6.73. The first-order chi connectivity index (χ1) is 8.24. The van der Waals surface area contributed by atoms with Gasteiger partial charge < -0.3 is 16.4 Å². The summed E-state index contributed by atoms with van der Waals surface area (Å²) in [7, 11) is 0. The lowest BCUT2D eigenvalue weighted by molar-refractivity contribution is 0.252. The number of thiazole rings is 1. The molecule has 0 aliphatic carbocycles. The number of nitrogen functional groups attached to an aromatic ring is 1. The van der Waals surface area contributed by atoms with Crippen molar-refractivity contribution in [3.05, 3.63) is 40.8 Å². The van der Waals surface area contributed by atoms with Gasteiger partial charge in [0.15, 0.2) is 0 Å². The van der Waals surface area contributed by atoms with E-state index >= 15 is 0 Å². The molecule has 0 saturated carbocycles. The van der Waals surface area contributed by atoms with Crippen LogP contribution >= 0.6 is 11.3 Å². The molecule has 0 unspecified atom stereocenters. The Morgan fingerprint density at radius 3 is 2.76 bits per heavy atom. The molecule has 1 aromatic heterocycles. The van der Waals surface area contributed by atoms with Gasteiger partial charge in [-0.2, -0.15) is 0 Å². The first-order valence-electron chi connectivity index (χ1n) is 5.02. The highest BCUT2D eigenvalue weighted by molar-refractivity contribution is 7.09. The van der Waals surface area contributed by atoms with Crippen molar-refractivity contribution in [3.63, 3.8) is 0 Å². The van der Waals surface area contributed by atoms with Gasteiger partial charge in [-0.15, -0.1) is 11.3 Å². The minimum atomic E-state index is -0.247. The number of anilines is 2. The molecule has 88 valence electrons. The van der Waals surface area contributed by atoms with Crippen LogP contribution in [0.1, 0.15) is 4.88 Å². The van der Waals surface area contributed by atoms with Gasteiger partial charge in [-0.25, -0.2) is 4.79 Å². The number of rotatable bonds is 3. The number of nitrogens with two attached hydrogens (primary N) is 1. The lowest BCUT2D eigenvalue weighted by atomic mass is 10.3. The van der Waals surface area contributed by atoms with E-state index in [0.717, 1.165) is 4.88 Å². The molecule has 2 amide bonds. The minimum absolute atomic E-state index is 0.247. The Labute approximate surface area is 103 Å². The molecule has 0 fully saturated rings. The fourth-order valence-electron chi connectivity index (χ4n) is 1.24. The Morgan fingerprint density at radius 2 is 2.12 bits per heavy atom. The number of nitrogens with one attached hydrogen (secondary N) is 2. The van der Waals surface area contributed by atoms with Crippen LogP contribution in [0.15, 0.2) is 36.0 Å². The Kier molecular flexibility index (Phi) is 3.56. The smallest absolute Gasteiger partial charge is 0.319 e. The van der Waals surface area contributed by atoms with Gasteiger partial charge in [-0.3, -0.25) is 4.98 Å². The third kappa shape index (κ3) is 3.46. The van der Waals surface area contributed by atoms with E-state index in [-0.39, 0.29) is 6.03 Å². The summed E-state index contributed by atoms with van der Waals surface area (Å²) in [6.07, 6.45) is 1.73. The normalized spacial score (nSPS) is 9.88. The maximum atomic E-state index is 11.5. The van der Waals surface area contributed by atoms with Crippen LogP contribution in [-0.2, 0) is 6.54 Å². The zero-order valence-electron chi connectivity index (χ0n) is 9.01. The molecule has 0 atom stereocenters. The lowest BCUT2D eigenvalue weighted by Crippen LogP contribution is -2.27. The maximum absolute atomic E-state index is 11.5. The Hall–Kier alpha value is -2.08. The van der Waals surface area contributed by atoms with E-state index in [1.165, 1.54) is 11.3 Å². The van der Waals surface area contributed by atoms with Crippen molar-refractivity contribution in [2.24, 2.45) is 0 Å². The van der Waals surface area contributed by atoms with E-state index in [9.17, 15) is 4.79 Å². The second-order valence-electron chi connectivity index (χ2n) is 3.40. The van der Waals surface area contributed by atoms with Crippen molar-refractivity contribution >= 4 is 28.7 Å². The average Bonchev–Trinajstić information content (AvgIpc) is 2.83. The molecule has 0 aliphatic rings.